The second-order valence-electron chi connectivity index (χ2n) is 5.50. The van der Waals surface area contributed by atoms with Crippen molar-refractivity contribution in [3.05, 3.63) is 0 Å². The highest BCUT2D eigenvalue weighted by Crippen LogP contribution is 2.43. The Balaban J connectivity index is 2.42. The van der Waals surface area contributed by atoms with Crippen LogP contribution in [0.4, 0.5) is 0 Å². The Morgan fingerprint density at radius 1 is 1.47 bits per heavy atom. The summed E-state index contributed by atoms with van der Waals surface area (Å²) in [5.74, 6) is 3.11. The van der Waals surface area contributed by atoms with Crippen LogP contribution in [0, 0.1) is 23.7 Å². The van der Waals surface area contributed by atoms with Crippen LogP contribution in [0.25, 0.3) is 0 Å². The Bertz CT molecular complexity index is 224. The maximum absolute atomic E-state index is 10.2. The predicted molar refractivity (Wildman–Crippen MR) is 64.4 cm³/mol. The Hall–Kier alpha value is -0.480. The highest BCUT2D eigenvalue weighted by Gasteiger charge is 2.36. The zero-order chi connectivity index (χ0) is 11.3. The Morgan fingerprint density at radius 2 is 2.20 bits per heavy atom. The number of aliphatic hydroxyl groups excluding tert-OH is 1. The average molecular weight is 208 g/mol. The molecule has 2 atom stereocenters. The molecular formula is C14H24O. The molecule has 0 aromatic heterocycles. The Morgan fingerprint density at radius 3 is 2.80 bits per heavy atom. The fourth-order valence-electron chi connectivity index (χ4n) is 2.85. The van der Waals surface area contributed by atoms with E-state index in [0.29, 0.717) is 11.3 Å². The minimum atomic E-state index is -0.145. The summed E-state index contributed by atoms with van der Waals surface area (Å²) in [5.41, 5.74) is 0.313. The molecule has 1 saturated carbocycles. The minimum Gasteiger partial charge on any atom is -0.393 e. The third-order valence-corrected chi connectivity index (χ3v) is 3.88. The molecule has 0 heterocycles. The van der Waals surface area contributed by atoms with Gasteiger partial charge in [0.1, 0.15) is 0 Å². The molecule has 0 aromatic carbocycles. The lowest BCUT2D eigenvalue weighted by molar-refractivity contribution is 0.0000383. The van der Waals surface area contributed by atoms with Gasteiger partial charge in [0, 0.05) is 6.42 Å². The van der Waals surface area contributed by atoms with Crippen molar-refractivity contribution in [2.24, 2.45) is 11.3 Å². The summed E-state index contributed by atoms with van der Waals surface area (Å²) in [6.07, 6.45) is 12.7. The summed E-state index contributed by atoms with van der Waals surface area (Å²) < 4.78 is 0. The molecule has 0 amide bonds. The van der Waals surface area contributed by atoms with E-state index in [2.05, 4.69) is 19.8 Å². The molecule has 0 spiro atoms. The molecule has 2 unspecified atom stereocenters. The normalized spacial score (nSPS) is 26.9. The zero-order valence-corrected chi connectivity index (χ0v) is 10.1. The van der Waals surface area contributed by atoms with E-state index in [4.69, 9.17) is 6.42 Å². The largest absolute Gasteiger partial charge is 0.393 e. The maximum atomic E-state index is 10.2. The van der Waals surface area contributed by atoms with Gasteiger partial charge in [-0.1, -0.05) is 26.7 Å². The SMILES string of the molecule is C#CCCCC(O)C1CCCCC1(C)C. The van der Waals surface area contributed by atoms with Gasteiger partial charge in [-0.15, -0.1) is 12.3 Å². The minimum absolute atomic E-state index is 0.145. The van der Waals surface area contributed by atoms with E-state index < -0.39 is 0 Å². The summed E-state index contributed by atoms with van der Waals surface area (Å²) in [7, 11) is 0. The van der Waals surface area contributed by atoms with E-state index >= 15 is 0 Å². The lowest BCUT2D eigenvalue weighted by Crippen LogP contribution is -2.36. The molecule has 1 aliphatic carbocycles. The molecule has 1 rings (SSSR count). The third kappa shape index (κ3) is 3.54. The summed E-state index contributed by atoms with van der Waals surface area (Å²) in [6, 6.07) is 0. The molecule has 0 radical (unpaired) electrons. The monoisotopic (exact) mass is 208 g/mol. The lowest BCUT2D eigenvalue weighted by Gasteiger charge is -2.41. The molecule has 0 aliphatic heterocycles. The molecule has 0 bridgehead atoms. The first kappa shape index (κ1) is 12.6. The summed E-state index contributed by atoms with van der Waals surface area (Å²) in [4.78, 5) is 0. The fraction of sp³-hybridized carbons (Fsp3) is 0.857. The molecule has 1 aliphatic rings. The second-order valence-corrected chi connectivity index (χ2v) is 5.50. The second kappa shape index (κ2) is 5.56. The molecule has 86 valence electrons. The first-order valence-corrected chi connectivity index (χ1v) is 6.19. The van der Waals surface area contributed by atoms with Gasteiger partial charge in [-0.3, -0.25) is 0 Å². The lowest BCUT2D eigenvalue weighted by atomic mass is 9.66. The van der Waals surface area contributed by atoms with Crippen LogP contribution in [0.1, 0.15) is 58.8 Å². The molecule has 1 fully saturated rings. The van der Waals surface area contributed by atoms with E-state index in [9.17, 15) is 5.11 Å². The fourth-order valence-corrected chi connectivity index (χ4v) is 2.85. The standard InChI is InChI=1S/C14H24O/c1-4-5-6-10-13(15)12-9-7-8-11-14(12,2)3/h1,12-13,15H,5-11H2,2-3H3. The zero-order valence-electron chi connectivity index (χ0n) is 10.1. The van der Waals surface area contributed by atoms with Crippen molar-refractivity contribution in [1.29, 1.82) is 0 Å². The van der Waals surface area contributed by atoms with E-state index in [1.807, 2.05) is 0 Å². The predicted octanol–water partition coefficient (Wildman–Crippen LogP) is 3.37. The van der Waals surface area contributed by atoms with E-state index in [1.54, 1.807) is 0 Å². The van der Waals surface area contributed by atoms with E-state index in [0.717, 1.165) is 19.3 Å². The van der Waals surface area contributed by atoms with E-state index in [1.165, 1.54) is 25.7 Å². The van der Waals surface area contributed by atoms with Crippen LogP contribution in [-0.4, -0.2) is 11.2 Å². The van der Waals surface area contributed by atoms with Gasteiger partial charge in [-0.2, -0.15) is 0 Å². The Labute approximate surface area is 94.3 Å². The molecule has 1 N–H and O–H groups in total. The molecule has 1 heteroatoms. The van der Waals surface area contributed by atoms with Gasteiger partial charge in [0.2, 0.25) is 0 Å². The topological polar surface area (TPSA) is 20.2 Å². The summed E-state index contributed by atoms with van der Waals surface area (Å²) in [6.45, 7) is 4.59. The third-order valence-electron chi connectivity index (χ3n) is 3.88. The Kier molecular flexibility index (Phi) is 4.67. The first-order valence-electron chi connectivity index (χ1n) is 6.19. The number of hydrogen-bond acceptors (Lipinski definition) is 1. The van der Waals surface area contributed by atoms with Crippen LogP contribution in [0.3, 0.4) is 0 Å². The van der Waals surface area contributed by atoms with Crippen LogP contribution in [0.5, 0.6) is 0 Å². The van der Waals surface area contributed by atoms with Crippen molar-refractivity contribution in [1.82, 2.24) is 0 Å². The highest BCUT2D eigenvalue weighted by atomic mass is 16.3. The van der Waals surface area contributed by atoms with Gasteiger partial charge in [-0.25, -0.2) is 0 Å². The van der Waals surface area contributed by atoms with Crippen molar-refractivity contribution in [2.75, 3.05) is 0 Å². The maximum Gasteiger partial charge on any atom is 0.0573 e. The van der Waals surface area contributed by atoms with Crippen LogP contribution in [0.15, 0.2) is 0 Å². The van der Waals surface area contributed by atoms with Crippen molar-refractivity contribution in [2.45, 2.75) is 64.9 Å². The molecule has 0 saturated heterocycles. The number of rotatable bonds is 4. The summed E-state index contributed by atoms with van der Waals surface area (Å²) >= 11 is 0. The molecular weight excluding hydrogens is 184 g/mol. The van der Waals surface area contributed by atoms with Crippen LogP contribution in [-0.2, 0) is 0 Å². The van der Waals surface area contributed by atoms with Gasteiger partial charge >= 0.3 is 0 Å². The van der Waals surface area contributed by atoms with Gasteiger partial charge in [-0.05, 0) is 37.0 Å². The van der Waals surface area contributed by atoms with Gasteiger partial charge in [0.25, 0.3) is 0 Å². The number of unbranched alkanes of at least 4 members (excludes halogenated alkanes) is 1. The number of aliphatic hydroxyl groups is 1. The van der Waals surface area contributed by atoms with Crippen LogP contribution < -0.4 is 0 Å². The number of terminal acetylenes is 1. The van der Waals surface area contributed by atoms with Gasteiger partial charge in [0.15, 0.2) is 0 Å². The smallest absolute Gasteiger partial charge is 0.0573 e. The summed E-state index contributed by atoms with van der Waals surface area (Å²) in [5, 5.41) is 10.2. The van der Waals surface area contributed by atoms with Crippen molar-refractivity contribution >= 4 is 0 Å². The van der Waals surface area contributed by atoms with Crippen LogP contribution in [0.2, 0.25) is 0 Å². The van der Waals surface area contributed by atoms with E-state index in [-0.39, 0.29) is 6.10 Å². The molecule has 15 heavy (non-hydrogen) atoms. The highest BCUT2D eigenvalue weighted by molar-refractivity contribution is 4.88. The van der Waals surface area contributed by atoms with Gasteiger partial charge < -0.3 is 5.11 Å². The average Bonchev–Trinajstić information content (AvgIpc) is 2.17. The van der Waals surface area contributed by atoms with Gasteiger partial charge in [0.05, 0.1) is 6.10 Å². The number of hydrogen-bond donors (Lipinski definition) is 1. The molecule has 1 nitrogen and oxygen atoms in total. The van der Waals surface area contributed by atoms with Crippen LogP contribution >= 0.6 is 0 Å². The molecule has 0 aromatic rings. The van der Waals surface area contributed by atoms with Crippen molar-refractivity contribution in [3.8, 4) is 12.3 Å². The quantitative estimate of drug-likeness (QED) is 0.555. The van der Waals surface area contributed by atoms with Crippen molar-refractivity contribution in [3.63, 3.8) is 0 Å². The first-order chi connectivity index (χ1) is 7.08. The van der Waals surface area contributed by atoms with Crippen molar-refractivity contribution < 1.29 is 5.11 Å².